The summed E-state index contributed by atoms with van der Waals surface area (Å²) >= 11 is 0. The van der Waals surface area contributed by atoms with Crippen molar-refractivity contribution in [2.45, 2.75) is 19.4 Å². The van der Waals surface area contributed by atoms with Crippen LogP contribution in [0.1, 0.15) is 17.5 Å². The first kappa shape index (κ1) is 17.3. The van der Waals surface area contributed by atoms with Crippen LogP contribution in [0.15, 0.2) is 53.3 Å². The molecule has 2 aromatic rings. The highest BCUT2D eigenvalue weighted by Crippen LogP contribution is 2.44. The van der Waals surface area contributed by atoms with Crippen molar-refractivity contribution in [2.24, 2.45) is 11.3 Å². The Morgan fingerprint density at radius 3 is 2.92 bits per heavy atom. The first-order valence-electron chi connectivity index (χ1n) is 9.35. The molecule has 2 atom stereocenters. The molecule has 3 heterocycles. The number of furan rings is 1. The van der Waals surface area contributed by atoms with E-state index in [1.54, 1.807) is 12.5 Å². The third-order valence-corrected chi connectivity index (χ3v) is 5.67. The second-order valence-corrected chi connectivity index (χ2v) is 7.64. The second kappa shape index (κ2) is 7.64. The molecule has 0 aliphatic carbocycles. The molecule has 0 radical (unpaired) electrons. The quantitative estimate of drug-likeness (QED) is 0.830. The van der Waals surface area contributed by atoms with E-state index in [0.717, 1.165) is 32.7 Å². The molecule has 5 heteroatoms. The van der Waals surface area contributed by atoms with Gasteiger partial charge in [-0.1, -0.05) is 30.3 Å². The summed E-state index contributed by atoms with van der Waals surface area (Å²) in [6, 6.07) is 12.3. The molecule has 1 amide bonds. The van der Waals surface area contributed by atoms with Crippen LogP contribution >= 0.6 is 0 Å². The molecule has 2 fully saturated rings. The molecule has 0 bridgehead atoms. The van der Waals surface area contributed by atoms with Crippen LogP contribution in [-0.2, 0) is 22.5 Å². The van der Waals surface area contributed by atoms with Gasteiger partial charge in [-0.15, -0.1) is 0 Å². The third kappa shape index (κ3) is 3.84. The minimum atomic E-state index is -0.0411. The maximum atomic E-state index is 12.6. The van der Waals surface area contributed by atoms with Crippen molar-refractivity contribution in [2.75, 3.05) is 32.8 Å². The number of amides is 1. The van der Waals surface area contributed by atoms with Crippen LogP contribution < -0.4 is 5.32 Å². The Kier molecular flexibility index (Phi) is 5.09. The van der Waals surface area contributed by atoms with Gasteiger partial charge in [-0.25, -0.2) is 0 Å². The van der Waals surface area contributed by atoms with Gasteiger partial charge in [0.1, 0.15) is 0 Å². The van der Waals surface area contributed by atoms with Crippen LogP contribution in [-0.4, -0.2) is 43.7 Å². The van der Waals surface area contributed by atoms with Crippen LogP contribution in [0.4, 0.5) is 0 Å². The molecule has 5 nitrogen and oxygen atoms in total. The molecule has 1 aromatic carbocycles. The van der Waals surface area contributed by atoms with E-state index in [1.807, 2.05) is 24.3 Å². The minimum absolute atomic E-state index is 0.0411. The third-order valence-electron chi connectivity index (χ3n) is 5.67. The number of likely N-dealkylation sites (tertiary alicyclic amines) is 1. The van der Waals surface area contributed by atoms with Crippen molar-refractivity contribution in [3.63, 3.8) is 0 Å². The van der Waals surface area contributed by atoms with Crippen molar-refractivity contribution in [1.82, 2.24) is 10.2 Å². The van der Waals surface area contributed by atoms with E-state index >= 15 is 0 Å². The normalized spacial score (nSPS) is 25.3. The molecule has 2 aliphatic rings. The number of rotatable bonds is 7. The first-order valence-corrected chi connectivity index (χ1v) is 9.35. The summed E-state index contributed by atoms with van der Waals surface area (Å²) in [5.74, 6) is 0.580. The van der Waals surface area contributed by atoms with Crippen LogP contribution in [0.25, 0.3) is 0 Å². The smallest absolute Gasteiger partial charge is 0.220 e. The Bertz CT molecular complexity index is 716. The van der Waals surface area contributed by atoms with Crippen molar-refractivity contribution in [3.05, 3.63) is 60.1 Å². The lowest BCUT2D eigenvalue weighted by molar-refractivity contribution is -0.123. The summed E-state index contributed by atoms with van der Waals surface area (Å²) in [7, 11) is 0. The average molecular weight is 354 g/mol. The highest BCUT2D eigenvalue weighted by molar-refractivity contribution is 5.77. The van der Waals surface area contributed by atoms with Crippen LogP contribution in [0.5, 0.6) is 0 Å². The predicted molar refractivity (Wildman–Crippen MR) is 98.5 cm³/mol. The summed E-state index contributed by atoms with van der Waals surface area (Å²) in [4.78, 5) is 15.0. The fourth-order valence-corrected chi connectivity index (χ4v) is 4.33. The lowest BCUT2D eigenvalue weighted by Crippen LogP contribution is -2.38. The molecule has 2 saturated heterocycles. The standard InChI is InChI=1S/C21H26N2O3/c24-20(22-8-6-17-4-2-1-3-5-17)10-21-15-23(11-18-7-9-25-13-18)12-19(21)14-26-16-21/h1-5,7,9,13,19H,6,8,10-12,14-16H2,(H,22,24)/t19-,21+/m1/s1. The molecule has 0 unspecified atom stereocenters. The van der Waals surface area contributed by atoms with Gasteiger partial charge in [-0.2, -0.15) is 0 Å². The van der Waals surface area contributed by atoms with Gasteiger partial charge in [0.15, 0.2) is 0 Å². The van der Waals surface area contributed by atoms with Crippen molar-refractivity contribution >= 4 is 5.91 Å². The van der Waals surface area contributed by atoms with E-state index < -0.39 is 0 Å². The minimum Gasteiger partial charge on any atom is -0.472 e. The number of carbonyl (C=O) groups excluding carboxylic acids is 1. The summed E-state index contributed by atoms with van der Waals surface area (Å²) in [6.07, 6.45) is 4.93. The van der Waals surface area contributed by atoms with E-state index in [4.69, 9.17) is 9.15 Å². The molecule has 138 valence electrons. The van der Waals surface area contributed by atoms with Gasteiger partial charge >= 0.3 is 0 Å². The highest BCUT2D eigenvalue weighted by atomic mass is 16.5. The zero-order valence-electron chi connectivity index (χ0n) is 15.0. The zero-order valence-corrected chi connectivity index (χ0v) is 15.0. The number of benzene rings is 1. The second-order valence-electron chi connectivity index (χ2n) is 7.64. The fraction of sp³-hybridized carbons (Fsp3) is 0.476. The van der Waals surface area contributed by atoms with Crippen molar-refractivity contribution in [1.29, 1.82) is 0 Å². The Hall–Kier alpha value is -2.11. The van der Waals surface area contributed by atoms with Crippen LogP contribution in [0.3, 0.4) is 0 Å². The van der Waals surface area contributed by atoms with Gasteiger partial charge in [-0.05, 0) is 18.1 Å². The summed E-state index contributed by atoms with van der Waals surface area (Å²) < 4.78 is 10.9. The largest absolute Gasteiger partial charge is 0.472 e. The van der Waals surface area contributed by atoms with E-state index in [0.29, 0.717) is 25.5 Å². The molecule has 1 N–H and O–H groups in total. The Morgan fingerprint density at radius 1 is 1.23 bits per heavy atom. The molecule has 1 aromatic heterocycles. The van der Waals surface area contributed by atoms with Gasteiger partial charge < -0.3 is 14.5 Å². The van der Waals surface area contributed by atoms with E-state index in [-0.39, 0.29) is 11.3 Å². The monoisotopic (exact) mass is 354 g/mol. The molecule has 0 saturated carbocycles. The Balaban J connectivity index is 1.30. The lowest BCUT2D eigenvalue weighted by atomic mass is 9.78. The number of nitrogens with one attached hydrogen (secondary N) is 1. The summed E-state index contributed by atoms with van der Waals surface area (Å²) in [6.45, 7) is 4.91. The highest BCUT2D eigenvalue weighted by Gasteiger charge is 2.51. The lowest BCUT2D eigenvalue weighted by Gasteiger charge is -2.26. The van der Waals surface area contributed by atoms with Gasteiger partial charge in [0.2, 0.25) is 5.91 Å². The zero-order chi connectivity index (χ0) is 17.8. The van der Waals surface area contributed by atoms with Gasteiger partial charge in [-0.3, -0.25) is 9.69 Å². The van der Waals surface area contributed by atoms with E-state index in [9.17, 15) is 4.79 Å². The van der Waals surface area contributed by atoms with Gasteiger partial charge in [0.05, 0.1) is 25.7 Å². The summed E-state index contributed by atoms with van der Waals surface area (Å²) in [5.41, 5.74) is 2.40. The van der Waals surface area contributed by atoms with Crippen LogP contribution in [0.2, 0.25) is 0 Å². The predicted octanol–water partition coefficient (Wildman–Crippen LogP) is 2.48. The van der Waals surface area contributed by atoms with E-state index in [2.05, 4.69) is 22.3 Å². The average Bonchev–Trinajstić information content (AvgIpc) is 3.32. The maximum absolute atomic E-state index is 12.6. The molecule has 2 aliphatic heterocycles. The SMILES string of the molecule is O=C(C[C@]12COC[C@H]1CN(Cc1ccoc1)C2)NCCc1ccccc1. The van der Waals surface area contributed by atoms with E-state index in [1.165, 1.54) is 11.1 Å². The number of fused-ring (bicyclic) bond motifs is 1. The number of nitrogens with zero attached hydrogens (tertiary/aromatic N) is 1. The summed E-state index contributed by atoms with van der Waals surface area (Å²) in [5, 5.41) is 3.10. The molecule has 26 heavy (non-hydrogen) atoms. The first-order chi connectivity index (χ1) is 12.7. The van der Waals surface area contributed by atoms with Gasteiger partial charge in [0, 0.05) is 49.5 Å². The van der Waals surface area contributed by atoms with Crippen molar-refractivity contribution in [3.8, 4) is 0 Å². The number of ether oxygens (including phenoxy) is 1. The van der Waals surface area contributed by atoms with Gasteiger partial charge in [0.25, 0.3) is 0 Å². The molecular weight excluding hydrogens is 328 g/mol. The number of carbonyl (C=O) groups is 1. The fourth-order valence-electron chi connectivity index (χ4n) is 4.33. The molecule has 0 spiro atoms. The number of hydrogen-bond acceptors (Lipinski definition) is 4. The topological polar surface area (TPSA) is 54.7 Å². The molecule has 4 rings (SSSR count). The number of hydrogen-bond donors (Lipinski definition) is 1. The van der Waals surface area contributed by atoms with Crippen LogP contribution in [0, 0.1) is 11.3 Å². The maximum Gasteiger partial charge on any atom is 0.220 e. The van der Waals surface area contributed by atoms with Crippen molar-refractivity contribution < 1.29 is 13.9 Å². The Morgan fingerprint density at radius 2 is 2.12 bits per heavy atom. The Labute approximate surface area is 154 Å². The molecular formula is C21H26N2O3.